The first-order chi connectivity index (χ1) is 7.52. The Morgan fingerprint density at radius 3 is 2.62 bits per heavy atom. The largest absolute Gasteiger partial charge is 0.374 e. The molecule has 1 heterocycles. The summed E-state index contributed by atoms with van der Waals surface area (Å²) >= 11 is 0. The van der Waals surface area contributed by atoms with E-state index in [1.54, 1.807) is 12.7 Å². The van der Waals surface area contributed by atoms with Gasteiger partial charge in [-0.15, -0.1) is 0 Å². The number of aliphatic imine (C=N–C) groups is 1. The van der Waals surface area contributed by atoms with Crippen LogP contribution in [-0.4, -0.2) is 36.4 Å². The number of nitrogens with zero attached hydrogens (tertiary/aromatic N) is 4. The van der Waals surface area contributed by atoms with Crippen LogP contribution >= 0.6 is 0 Å². The van der Waals surface area contributed by atoms with Gasteiger partial charge >= 0.3 is 0 Å². The normalized spacial score (nSPS) is 11.1. The molecule has 0 aliphatic carbocycles. The topological polar surface area (TPSA) is 53.4 Å². The van der Waals surface area contributed by atoms with E-state index in [0.717, 1.165) is 17.2 Å². The Balaban J connectivity index is 2.97. The molecule has 0 amide bonds. The van der Waals surface area contributed by atoms with Gasteiger partial charge < -0.3 is 10.2 Å². The van der Waals surface area contributed by atoms with Gasteiger partial charge in [-0.25, -0.2) is 15.0 Å². The molecular weight excluding hydrogens is 202 g/mol. The third-order valence-electron chi connectivity index (χ3n) is 2.01. The standard InChI is InChI=1S/C11H19N5/c1-8(2)12-6-14-10-9(3)13-7-15-11(10)16(4)5/h6-8H,1-5H3,(H,12,14). The minimum atomic E-state index is 0.372. The van der Waals surface area contributed by atoms with Crippen molar-refractivity contribution in [2.75, 3.05) is 19.0 Å². The van der Waals surface area contributed by atoms with Crippen molar-refractivity contribution in [3.8, 4) is 0 Å². The molecule has 16 heavy (non-hydrogen) atoms. The highest BCUT2D eigenvalue weighted by Crippen LogP contribution is 2.26. The number of aryl methyl sites for hydroxylation is 1. The lowest BCUT2D eigenvalue weighted by Crippen LogP contribution is -2.20. The number of nitrogens with one attached hydrogen (secondary N) is 1. The second kappa shape index (κ2) is 5.44. The first-order valence-corrected chi connectivity index (χ1v) is 5.30. The molecule has 0 spiro atoms. The summed E-state index contributed by atoms with van der Waals surface area (Å²) in [5.74, 6) is 0.828. The minimum absolute atomic E-state index is 0.372. The molecule has 0 bridgehead atoms. The van der Waals surface area contributed by atoms with Gasteiger partial charge in [0.15, 0.2) is 5.82 Å². The summed E-state index contributed by atoms with van der Waals surface area (Å²) < 4.78 is 0. The highest BCUT2D eigenvalue weighted by atomic mass is 15.2. The van der Waals surface area contributed by atoms with E-state index in [0.29, 0.717) is 6.04 Å². The van der Waals surface area contributed by atoms with E-state index in [2.05, 4.69) is 34.1 Å². The number of aromatic nitrogens is 2. The van der Waals surface area contributed by atoms with Gasteiger partial charge in [0.25, 0.3) is 0 Å². The summed E-state index contributed by atoms with van der Waals surface area (Å²) in [4.78, 5) is 14.6. The molecule has 0 unspecified atom stereocenters. The lowest BCUT2D eigenvalue weighted by Gasteiger charge is -2.14. The molecule has 5 heteroatoms. The zero-order valence-corrected chi connectivity index (χ0v) is 10.5. The van der Waals surface area contributed by atoms with Crippen LogP contribution in [0.1, 0.15) is 19.5 Å². The van der Waals surface area contributed by atoms with Gasteiger partial charge in [-0.2, -0.15) is 0 Å². The van der Waals surface area contributed by atoms with Crippen molar-refractivity contribution in [3.63, 3.8) is 0 Å². The average Bonchev–Trinajstić information content (AvgIpc) is 2.19. The molecule has 0 aromatic carbocycles. The summed E-state index contributed by atoms with van der Waals surface area (Å²) in [5, 5.41) is 3.12. The van der Waals surface area contributed by atoms with Gasteiger partial charge in [-0.1, -0.05) is 0 Å². The maximum absolute atomic E-state index is 4.36. The number of rotatable bonds is 4. The van der Waals surface area contributed by atoms with Gasteiger partial charge in [-0.05, 0) is 20.8 Å². The lowest BCUT2D eigenvalue weighted by atomic mass is 10.3. The van der Waals surface area contributed by atoms with Gasteiger partial charge in [0.1, 0.15) is 12.0 Å². The SMILES string of the molecule is Cc1ncnc(N(C)C)c1/N=C\NC(C)C. The summed E-state index contributed by atoms with van der Waals surface area (Å²) in [5.41, 5.74) is 1.68. The molecule has 1 N–H and O–H groups in total. The van der Waals surface area contributed by atoms with Crippen molar-refractivity contribution >= 4 is 17.8 Å². The van der Waals surface area contributed by atoms with Crippen LogP contribution in [0.25, 0.3) is 0 Å². The third kappa shape index (κ3) is 3.18. The Hall–Kier alpha value is -1.65. The molecule has 0 saturated heterocycles. The van der Waals surface area contributed by atoms with Crippen LogP contribution in [0.15, 0.2) is 11.3 Å². The van der Waals surface area contributed by atoms with E-state index in [1.807, 2.05) is 25.9 Å². The minimum Gasteiger partial charge on any atom is -0.374 e. The molecule has 1 aromatic rings. The molecular formula is C11H19N5. The summed E-state index contributed by atoms with van der Waals surface area (Å²) in [6.45, 7) is 6.05. The van der Waals surface area contributed by atoms with Crippen molar-refractivity contribution in [1.82, 2.24) is 15.3 Å². The van der Waals surface area contributed by atoms with Crippen molar-refractivity contribution in [2.45, 2.75) is 26.8 Å². The van der Waals surface area contributed by atoms with Crippen molar-refractivity contribution in [2.24, 2.45) is 4.99 Å². The molecule has 0 saturated carbocycles. The molecule has 0 aliphatic heterocycles. The average molecular weight is 221 g/mol. The van der Waals surface area contributed by atoms with Crippen LogP contribution in [0.2, 0.25) is 0 Å². The predicted molar refractivity (Wildman–Crippen MR) is 67.5 cm³/mol. The quantitative estimate of drug-likeness (QED) is 0.618. The fraction of sp³-hybridized carbons (Fsp3) is 0.545. The van der Waals surface area contributed by atoms with Crippen LogP contribution in [0, 0.1) is 6.92 Å². The van der Waals surface area contributed by atoms with Crippen molar-refractivity contribution < 1.29 is 0 Å². The van der Waals surface area contributed by atoms with Gasteiger partial charge in [0.2, 0.25) is 0 Å². The van der Waals surface area contributed by atoms with Crippen LogP contribution in [0.3, 0.4) is 0 Å². The first-order valence-electron chi connectivity index (χ1n) is 5.30. The molecule has 0 radical (unpaired) electrons. The Morgan fingerprint density at radius 2 is 2.06 bits per heavy atom. The zero-order valence-electron chi connectivity index (χ0n) is 10.5. The van der Waals surface area contributed by atoms with E-state index >= 15 is 0 Å². The third-order valence-corrected chi connectivity index (χ3v) is 2.01. The van der Waals surface area contributed by atoms with E-state index in [-0.39, 0.29) is 0 Å². The summed E-state index contributed by atoms with van der Waals surface area (Å²) in [6, 6.07) is 0.372. The Bertz CT molecular complexity index is 371. The van der Waals surface area contributed by atoms with Gasteiger partial charge in [0, 0.05) is 20.1 Å². The van der Waals surface area contributed by atoms with Crippen molar-refractivity contribution in [1.29, 1.82) is 0 Å². The molecule has 1 rings (SSSR count). The summed E-state index contributed by atoms with van der Waals surface area (Å²) in [7, 11) is 3.88. The lowest BCUT2D eigenvalue weighted by molar-refractivity contribution is 0.743. The fourth-order valence-corrected chi connectivity index (χ4v) is 1.18. The van der Waals surface area contributed by atoms with Crippen LogP contribution in [0.5, 0.6) is 0 Å². The molecule has 0 atom stereocenters. The van der Waals surface area contributed by atoms with Crippen molar-refractivity contribution in [3.05, 3.63) is 12.0 Å². The maximum atomic E-state index is 4.36. The number of anilines is 1. The molecule has 0 aliphatic rings. The highest BCUT2D eigenvalue weighted by molar-refractivity contribution is 5.70. The van der Waals surface area contributed by atoms with Crippen LogP contribution in [-0.2, 0) is 0 Å². The Labute approximate surface area is 96.6 Å². The summed E-state index contributed by atoms with van der Waals surface area (Å²) in [6.07, 6.45) is 3.25. The second-order valence-electron chi connectivity index (χ2n) is 4.11. The van der Waals surface area contributed by atoms with E-state index < -0.39 is 0 Å². The van der Waals surface area contributed by atoms with E-state index in [1.165, 1.54) is 0 Å². The maximum Gasteiger partial charge on any atom is 0.157 e. The predicted octanol–water partition coefficient (Wildman–Crippen LogP) is 1.51. The zero-order chi connectivity index (χ0) is 12.1. The number of hydrogen-bond donors (Lipinski definition) is 1. The molecule has 88 valence electrons. The first kappa shape index (κ1) is 12.4. The van der Waals surface area contributed by atoms with Crippen LogP contribution < -0.4 is 10.2 Å². The Morgan fingerprint density at radius 1 is 1.38 bits per heavy atom. The molecule has 1 aromatic heterocycles. The molecule has 0 fully saturated rings. The smallest absolute Gasteiger partial charge is 0.157 e. The van der Waals surface area contributed by atoms with Crippen LogP contribution in [0.4, 0.5) is 11.5 Å². The van der Waals surface area contributed by atoms with E-state index in [9.17, 15) is 0 Å². The molecule has 5 nitrogen and oxygen atoms in total. The number of hydrogen-bond acceptors (Lipinski definition) is 4. The monoisotopic (exact) mass is 221 g/mol. The van der Waals surface area contributed by atoms with E-state index in [4.69, 9.17) is 0 Å². The fourth-order valence-electron chi connectivity index (χ4n) is 1.18. The Kier molecular flexibility index (Phi) is 4.22. The second-order valence-corrected chi connectivity index (χ2v) is 4.11. The van der Waals surface area contributed by atoms with Gasteiger partial charge in [0.05, 0.1) is 12.0 Å². The highest BCUT2D eigenvalue weighted by Gasteiger charge is 2.08. The van der Waals surface area contributed by atoms with Gasteiger partial charge in [-0.3, -0.25) is 0 Å².